The lowest BCUT2D eigenvalue weighted by Crippen LogP contribution is -2.59. The molecule has 1 fully saturated rings. The number of esters is 2. The summed E-state index contributed by atoms with van der Waals surface area (Å²) in [5.74, 6) is -9.28. The highest BCUT2D eigenvalue weighted by molar-refractivity contribution is 5.89. The van der Waals surface area contributed by atoms with Gasteiger partial charge in [0.1, 0.15) is 18.3 Å². The fourth-order valence-corrected chi connectivity index (χ4v) is 3.58. The van der Waals surface area contributed by atoms with Gasteiger partial charge in [-0.1, -0.05) is 6.07 Å². The van der Waals surface area contributed by atoms with Crippen LogP contribution in [0.3, 0.4) is 0 Å². The third kappa shape index (κ3) is 7.39. The summed E-state index contributed by atoms with van der Waals surface area (Å²) in [7, 11) is 0. The fourth-order valence-electron chi connectivity index (χ4n) is 3.58. The number of phenolic OH excluding ortho intramolecular Hbond substituents is 2. The van der Waals surface area contributed by atoms with Crippen molar-refractivity contribution in [2.75, 3.05) is 0 Å². The Morgan fingerprint density at radius 3 is 1.97 bits per heavy atom. The highest BCUT2D eigenvalue weighted by Gasteiger charge is 2.54. The lowest BCUT2D eigenvalue weighted by atomic mass is 9.79. The predicted octanol–water partition coefficient (Wildman–Crippen LogP) is -1.41. The van der Waals surface area contributed by atoms with Crippen LogP contribution in [0.4, 0.5) is 0 Å². The molecule has 0 unspecified atom stereocenters. The number of rotatable bonds is 10. The largest absolute Gasteiger partial charge is 0.504 e. The summed E-state index contributed by atoms with van der Waals surface area (Å²) in [6.07, 6.45) is -8.41. The topological polar surface area (TPSA) is 266 Å². The fraction of sp³-hybridized carbons (Fsp3) is 0.409. The third-order valence-corrected chi connectivity index (χ3v) is 5.44. The number of benzene rings is 1. The number of phenols is 2. The molecule has 0 saturated heterocycles. The monoisotopic (exact) mass is 528 g/mol. The van der Waals surface area contributed by atoms with E-state index in [-0.39, 0.29) is 5.56 Å². The minimum Gasteiger partial charge on any atom is -0.504 e. The van der Waals surface area contributed by atoms with Crippen LogP contribution < -0.4 is 0 Å². The first-order valence-electron chi connectivity index (χ1n) is 10.5. The quantitative estimate of drug-likeness (QED) is 0.0984. The number of carbonyl (C=O) groups excluding carboxylic acids is 2. The predicted molar refractivity (Wildman–Crippen MR) is 116 cm³/mol. The van der Waals surface area contributed by atoms with Crippen molar-refractivity contribution in [2.45, 2.75) is 55.2 Å². The Labute approximate surface area is 207 Å². The highest BCUT2D eigenvalue weighted by Crippen LogP contribution is 2.34. The van der Waals surface area contributed by atoms with Crippen molar-refractivity contribution in [1.29, 1.82) is 0 Å². The van der Waals surface area contributed by atoms with E-state index in [1.807, 2.05) is 0 Å². The van der Waals surface area contributed by atoms with Crippen LogP contribution in [0, 0.1) is 0 Å². The van der Waals surface area contributed by atoms with Crippen LogP contribution >= 0.6 is 0 Å². The molecule has 1 aliphatic rings. The molecule has 15 nitrogen and oxygen atoms in total. The molecule has 0 heterocycles. The highest BCUT2D eigenvalue weighted by atomic mass is 16.6. The Morgan fingerprint density at radius 2 is 1.49 bits per heavy atom. The van der Waals surface area contributed by atoms with Gasteiger partial charge in [-0.2, -0.15) is 0 Å². The van der Waals surface area contributed by atoms with Gasteiger partial charge in [-0.15, -0.1) is 0 Å². The van der Waals surface area contributed by atoms with E-state index < -0.39 is 96.5 Å². The molecule has 4 atom stereocenters. The molecule has 1 saturated carbocycles. The maximum absolute atomic E-state index is 12.5. The molecule has 0 aromatic heterocycles. The molecule has 0 amide bonds. The molecular formula is C22H24O15. The van der Waals surface area contributed by atoms with E-state index >= 15 is 0 Å². The van der Waals surface area contributed by atoms with Crippen LogP contribution in [-0.2, 0) is 33.4 Å². The maximum Gasteiger partial charge on any atom is 0.339 e. The molecular weight excluding hydrogens is 504 g/mol. The van der Waals surface area contributed by atoms with Crippen LogP contribution in [0.15, 0.2) is 24.3 Å². The lowest BCUT2D eigenvalue weighted by Gasteiger charge is -2.41. The Balaban J connectivity index is 2.24. The van der Waals surface area contributed by atoms with Crippen molar-refractivity contribution in [3.63, 3.8) is 0 Å². The summed E-state index contributed by atoms with van der Waals surface area (Å²) in [5, 5.41) is 77.3. The molecule has 8 N–H and O–H groups in total. The van der Waals surface area contributed by atoms with Gasteiger partial charge >= 0.3 is 29.8 Å². The number of carbonyl (C=O) groups is 5. The number of carboxylic acid groups (broad SMARTS) is 3. The first-order valence-corrected chi connectivity index (χ1v) is 10.5. The van der Waals surface area contributed by atoms with Crippen LogP contribution in [0.2, 0.25) is 0 Å². The normalized spacial score (nSPS) is 23.8. The van der Waals surface area contributed by atoms with Crippen LogP contribution in [0.1, 0.15) is 31.2 Å². The number of aliphatic carboxylic acids is 3. The Morgan fingerprint density at radius 1 is 0.946 bits per heavy atom. The first kappa shape index (κ1) is 29.0. The van der Waals surface area contributed by atoms with Crippen molar-refractivity contribution in [3.05, 3.63) is 29.8 Å². The minimum atomic E-state index is -3.10. The van der Waals surface area contributed by atoms with E-state index in [0.29, 0.717) is 0 Å². The number of aromatic hydroxyl groups is 2. The Bertz CT molecular complexity index is 1090. The average molecular weight is 528 g/mol. The van der Waals surface area contributed by atoms with E-state index in [0.717, 1.165) is 24.3 Å². The zero-order chi connectivity index (χ0) is 28.1. The SMILES string of the molecule is O=C(O)CC(O)(CC(=O)O)C(=O)O[C@@H]1C[C@@](O)(C(=O)O)C[C@@H](OC(=O)/C=C/c2ccc(O)c(O)c2)[C@@H]1O. The molecule has 2 rings (SSSR count). The minimum absolute atomic E-state index is 0.237. The number of aliphatic hydroxyl groups excluding tert-OH is 1. The molecule has 0 aliphatic heterocycles. The number of aliphatic hydroxyl groups is 3. The summed E-state index contributed by atoms with van der Waals surface area (Å²) < 4.78 is 9.83. The molecule has 1 aromatic rings. The van der Waals surface area contributed by atoms with Gasteiger partial charge < -0.3 is 50.3 Å². The Hall–Kier alpha value is -4.21. The summed E-state index contributed by atoms with van der Waals surface area (Å²) in [4.78, 5) is 58.4. The van der Waals surface area contributed by atoms with Crippen LogP contribution in [0.25, 0.3) is 6.08 Å². The van der Waals surface area contributed by atoms with E-state index in [4.69, 9.17) is 19.7 Å². The van der Waals surface area contributed by atoms with Crippen molar-refractivity contribution in [1.82, 2.24) is 0 Å². The molecule has 0 spiro atoms. The number of ether oxygens (including phenoxy) is 2. The standard InChI is InChI=1S/C22H24O15/c23-11-3-1-10(5-12(11)24)2-4-17(29)36-13-6-21(34,19(31)32)7-14(18(13)30)37-20(33)22(35,8-15(25)26)9-16(27)28/h1-5,13-14,18,23-24,30,34-35H,6-9H2,(H,25,26)(H,27,28)(H,31,32)/b4-2+/t13-,14-,18+,21-/m1/s1. The van der Waals surface area contributed by atoms with Gasteiger partial charge in [0.05, 0.1) is 12.8 Å². The zero-order valence-electron chi connectivity index (χ0n) is 18.9. The molecule has 0 bridgehead atoms. The van der Waals surface area contributed by atoms with Crippen molar-refractivity contribution in [3.8, 4) is 11.5 Å². The van der Waals surface area contributed by atoms with Crippen molar-refractivity contribution < 1.29 is 74.3 Å². The third-order valence-electron chi connectivity index (χ3n) is 5.44. The summed E-state index contributed by atoms with van der Waals surface area (Å²) in [6, 6.07) is 3.55. The van der Waals surface area contributed by atoms with Crippen molar-refractivity contribution >= 4 is 35.9 Å². The average Bonchev–Trinajstić information content (AvgIpc) is 2.76. The maximum atomic E-state index is 12.5. The number of hydrogen-bond acceptors (Lipinski definition) is 12. The zero-order valence-corrected chi connectivity index (χ0v) is 18.9. The van der Waals surface area contributed by atoms with Gasteiger partial charge in [0.15, 0.2) is 22.7 Å². The van der Waals surface area contributed by atoms with Gasteiger partial charge in [0.2, 0.25) is 0 Å². The van der Waals surface area contributed by atoms with Gasteiger partial charge in [0.25, 0.3) is 0 Å². The molecule has 15 heteroatoms. The molecule has 1 aromatic carbocycles. The van der Waals surface area contributed by atoms with Crippen LogP contribution in [-0.4, -0.2) is 100 Å². The second-order valence-electron chi connectivity index (χ2n) is 8.41. The van der Waals surface area contributed by atoms with Crippen molar-refractivity contribution in [2.24, 2.45) is 0 Å². The number of hydrogen-bond donors (Lipinski definition) is 8. The molecule has 37 heavy (non-hydrogen) atoms. The number of carboxylic acids is 3. The second kappa shape index (κ2) is 11.2. The van der Waals surface area contributed by atoms with Gasteiger partial charge in [-0.05, 0) is 23.8 Å². The Kier molecular flexibility index (Phi) is 8.81. The first-order chi connectivity index (χ1) is 17.1. The lowest BCUT2D eigenvalue weighted by molar-refractivity contribution is -0.213. The summed E-state index contributed by atoms with van der Waals surface area (Å²) >= 11 is 0. The van der Waals surface area contributed by atoms with E-state index in [1.165, 1.54) is 6.07 Å². The van der Waals surface area contributed by atoms with E-state index in [1.54, 1.807) is 0 Å². The van der Waals surface area contributed by atoms with Gasteiger partial charge in [-0.3, -0.25) is 9.59 Å². The summed E-state index contributed by atoms with van der Waals surface area (Å²) in [5.41, 5.74) is -5.57. The molecule has 0 radical (unpaired) electrons. The second-order valence-corrected chi connectivity index (χ2v) is 8.41. The van der Waals surface area contributed by atoms with E-state index in [9.17, 15) is 54.6 Å². The van der Waals surface area contributed by atoms with Gasteiger partial charge in [-0.25, -0.2) is 14.4 Å². The summed E-state index contributed by atoms with van der Waals surface area (Å²) in [6.45, 7) is 0. The smallest absolute Gasteiger partial charge is 0.339 e. The van der Waals surface area contributed by atoms with E-state index in [2.05, 4.69) is 0 Å². The van der Waals surface area contributed by atoms with Crippen LogP contribution in [0.5, 0.6) is 11.5 Å². The molecule has 202 valence electrons. The molecule has 1 aliphatic carbocycles. The van der Waals surface area contributed by atoms with Gasteiger partial charge in [0, 0.05) is 18.9 Å².